The van der Waals surface area contributed by atoms with Crippen LogP contribution in [0.15, 0.2) is 48.8 Å². The second-order valence-electron chi connectivity index (χ2n) is 5.01. The quantitative estimate of drug-likeness (QED) is 0.810. The van der Waals surface area contributed by atoms with Gasteiger partial charge < -0.3 is 4.90 Å². The Hall–Kier alpha value is -2.49. The van der Waals surface area contributed by atoms with Gasteiger partial charge in [0.2, 0.25) is 0 Å². The van der Waals surface area contributed by atoms with E-state index >= 15 is 0 Å². The molecule has 0 aliphatic carbocycles. The summed E-state index contributed by atoms with van der Waals surface area (Å²) in [6, 6.07) is 10.5. The van der Waals surface area contributed by atoms with Gasteiger partial charge in [-0.15, -0.1) is 0 Å². The number of Topliss-reactive ketones (excluding diaryl/α,β-unsaturated/α-hetero) is 1. The van der Waals surface area contributed by atoms with E-state index in [0.717, 1.165) is 5.56 Å². The second-order valence-corrected chi connectivity index (χ2v) is 5.01. The topological polar surface area (TPSA) is 50.3 Å². The summed E-state index contributed by atoms with van der Waals surface area (Å²) in [4.78, 5) is 29.5. The van der Waals surface area contributed by atoms with E-state index in [2.05, 4.69) is 4.98 Å². The van der Waals surface area contributed by atoms with Gasteiger partial charge in [-0.2, -0.15) is 0 Å². The van der Waals surface area contributed by atoms with E-state index in [1.54, 1.807) is 48.6 Å². The molecule has 1 aromatic carbocycles. The van der Waals surface area contributed by atoms with Crippen molar-refractivity contribution in [3.8, 4) is 0 Å². The lowest BCUT2D eigenvalue weighted by atomic mass is 10.1. The van der Waals surface area contributed by atoms with Crippen molar-refractivity contribution in [2.24, 2.45) is 0 Å². The van der Waals surface area contributed by atoms with Crippen LogP contribution in [0.5, 0.6) is 0 Å². The molecule has 2 aromatic rings. The van der Waals surface area contributed by atoms with Crippen LogP contribution in [-0.4, -0.2) is 28.6 Å². The first-order valence-electron chi connectivity index (χ1n) is 6.79. The predicted octanol–water partition coefficient (Wildman–Crippen LogP) is 3.12. The number of ketones is 1. The number of nitrogens with zero attached hydrogens (tertiary/aromatic N) is 2. The van der Waals surface area contributed by atoms with Gasteiger partial charge in [0.25, 0.3) is 5.91 Å². The Morgan fingerprint density at radius 1 is 1.10 bits per heavy atom. The Morgan fingerprint density at radius 3 is 2.24 bits per heavy atom. The first-order valence-corrected chi connectivity index (χ1v) is 6.79. The first-order chi connectivity index (χ1) is 10.0. The zero-order chi connectivity index (χ0) is 15.4. The molecule has 2 rings (SSSR count). The molecule has 0 N–H and O–H groups in total. The highest BCUT2D eigenvalue weighted by Crippen LogP contribution is 2.20. The summed E-state index contributed by atoms with van der Waals surface area (Å²) < 4.78 is 0. The van der Waals surface area contributed by atoms with Crippen molar-refractivity contribution in [3.63, 3.8) is 0 Å². The summed E-state index contributed by atoms with van der Waals surface area (Å²) in [5, 5.41) is 0. The lowest BCUT2D eigenvalue weighted by Crippen LogP contribution is -2.29. The Bertz CT molecular complexity index is 636. The van der Waals surface area contributed by atoms with Gasteiger partial charge in [0.15, 0.2) is 5.78 Å². The van der Waals surface area contributed by atoms with Gasteiger partial charge in [-0.05, 0) is 37.6 Å². The zero-order valence-corrected chi connectivity index (χ0v) is 12.4. The molecule has 1 atom stereocenters. The predicted molar refractivity (Wildman–Crippen MR) is 81.2 cm³/mol. The standard InChI is InChI=1S/C17H18N2O2/c1-12(16-5-4-10-18-11-16)19(3)17(21)15-8-6-14(7-9-15)13(2)20/h4-12H,1-3H3. The minimum absolute atomic E-state index is 0.00826. The number of carbonyl (C=O) groups excluding carboxylic acids is 2. The normalized spacial score (nSPS) is 11.8. The molecule has 108 valence electrons. The number of amides is 1. The molecule has 0 bridgehead atoms. The third kappa shape index (κ3) is 3.34. The van der Waals surface area contributed by atoms with E-state index in [0.29, 0.717) is 11.1 Å². The summed E-state index contributed by atoms with van der Waals surface area (Å²) in [7, 11) is 1.76. The molecule has 0 fully saturated rings. The number of rotatable bonds is 4. The van der Waals surface area contributed by atoms with Crippen molar-refractivity contribution in [2.45, 2.75) is 19.9 Å². The van der Waals surface area contributed by atoms with Gasteiger partial charge in [0.05, 0.1) is 6.04 Å². The third-order valence-corrected chi connectivity index (χ3v) is 3.61. The molecular weight excluding hydrogens is 264 g/mol. The van der Waals surface area contributed by atoms with Gasteiger partial charge in [-0.1, -0.05) is 18.2 Å². The van der Waals surface area contributed by atoms with Crippen molar-refractivity contribution < 1.29 is 9.59 Å². The fraction of sp³-hybridized carbons (Fsp3) is 0.235. The van der Waals surface area contributed by atoms with Crippen molar-refractivity contribution in [1.29, 1.82) is 0 Å². The summed E-state index contributed by atoms with van der Waals surface area (Å²) in [5.41, 5.74) is 2.15. The summed E-state index contributed by atoms with van der Waals surface area (Å²) in [6.07, 6.45) is 3.46. The number of hydrogen-bond acceptors (Lipinski definition) is 3. The van der Waals surface area contributed by atoms with Crippen LogP contribution in [0.25, 0.3) is 0 Å². The molecule has 0 aliphatic heterocycles. The van der Waals surface area contributed by atoms with Crippen LogP contribution in [0.2, 0.25) is 0 Å². The molecule has 0 radical (unpaired) electrons. The number of benzene rings is 1. The second kappa shape index (κ2) is 6.31. The molecule has 0 aliphatic rings. The van der Waals surface area contributed by atoms with Crippen LogP contribution in [-0.2, 0) is 0 Å². The van der Waals surface area contributed by atoms with E-state index in [4.69, 9.17) is 0 Å². The average Bonchev–Trinajstić information content (AvgIpc) is 2.53. The van der Waals surface area contributed by atoms with Crippen LogP contribution >= 0.6 is 0 Å². The number of aromatic nitrogens is 1. The number of hydrogen-bond donors (Lipinski definition) is 0. The first kappa shape index (κ1) is 14.9. The Labute approximate surface area is 124 Å². The van der Waals surface area contributed by atoms with Crippen molar-refractivity contribution >= 4 is 11.7 Å². The monoisotopic (exact) mass is 282 g/mol. The van der Waals surface area contributed by atoms with Crippen LogP contribution in [0.4, 0.5) is 0 Å². The molecular formula is C17H18N2O2. The minimum atomic E-state index is -0.0820. The molecule has 1 heterocycles. The minimum Gasteiger partial charge on any atom is -0.335 e. The van der Waals surface area contributed by atoms with Gasteiger partial charge in [-0.3, -0.25) is 14.6 Å². The number of pyridine rings is 1. The van der Waals surface area contributed by atoms with Crippen LogP contribution in [0, 0.1) is 0 Å². The van der Waals surface area contributed by atoms with Crippen LogP contribution in [0.1, 0.15) is 46.2 Å². The van der Waals surface area contributed by atoms with Crippen molar-refractivity contribution in [2.75, 3.05) is 7.05 Å². The highest BCUT2D eigenvalue weighted by molar-refractivity contribution is 5.97. The number of carbonyl (C=O) groups is 2. The summed E-state index contributed by atoms with van der Waals surface area (Å²) in [5.74, 6) is -0.0902. The largest absolute Gasteiger partial charge is 0.335 e. The highest BCUT2D eigenvalue weighted by atomic mass is 16.2. The average molecular weight is 282 g/mol. The molecule has 1 amide bonds. The van der Waals surface area contributed by atoms with Gasteiger partial charge >= 0.3 is 0 Å². The van der Waals surface area contributed by atoms with E-state index in [1.165, 1.54) is 6.92 Å². The van der Waals surface area contributed by atoms with E-state index < -0.39 is 0 Å². The lowest BCUT2D eigenvalue weighted by molar-refractivity contribution is 0.0742. The molecule has 4 heteroatoms. The maximum absolute atomic E-state index is 12.5. The summed E-state index contributed by atoms with van der Waals surface area (Å²) in [6.45, 7) is 3.46. The Kier molecular flexibility index (Phi) is 4.48. The van der Waals surface area contributed by atoms with Gasteiger partial charge in [0, 0.05) is 30.6 Å². The SMILES string of the molecule is CC(=O)c1ccc(C(=O)N(C)C(C)c2cccnc2)cc1. The Balaban J connectivity index is 2.17. The molecule has 0 saturated heterocycles. The van der Waals surface area contributed by atoms with E-state index in [-0.39, 0.29) is 17.7 Å². The van der Waals surface area contributed by atoms with Crippen molar-refractivity contribution in [1.82, 2.24) is 9.88 Å². The molecule has 0 saturated carbocycles. The van der Waals surface area contributed by atoms with Crippen LogP contribution < -0.4 is 0 Å². The maximum atomic E-state index is 12.5. The maximum Gasteiger partial charge on any atom is 0.254 e. The zero-order valence-electron chi connectivity index (χ0n) is 12.4. The molecule has 1 aromatic heterocycles. The van der Waals surface area contributed by atoms with Gasteiger partial charge in [0.1, 0.15) is 0 Å². The van der Waals surface area contributed by atoms with E-state index in [9.17, 15) is 9.59 Å². The molecule has 4 nitrogen and oxygen atoms in total. The molecule has 0 spiro atoms. The molecule has 21 heavy (non-hydrogen) atoms. The smallest absolute Gasteiger partial charge is 0.254 e. The molecule has 1 unspecified atom stereocenters. The van der Waals surface area contributed by atoms with Gasteiger partial charge in [-0.25, -0.2) is 0 Å². The van der Waals surface area contributed by atoms with Crippen LogP contribution in [0.3, 0.4) is 0 Å². The van der Waals surface area contributed by atoms with E-state index in [1.807, 2.05) is 19.1 Å². The van der Waals surface area contributed by atoms with Crippen molar-refractivity contribution in [3.05, 3.63) is 65.5 Å². The highest BCUT2D eigenvalue weighted by Gasteiger charge is 2.19. The fourth-order valence-electron chi connectivity index (χ4n) is 2.07. The fourth-order valence-corrected chi connectivity index (χ4v) is 2.07. The summed E-state index contributed by atoms with van der Waals surface area (Å²) >= 11 is 0. The Morgan fingerprint density at radius 2 is 1.71 bits per heavy atom. The third-order valence-electron chi connectivity index (χ3n) is 3.61. The lowest BCUT2D eigenvalue weighted by Gasteiger charge is -2.25.